The van der Waals surface area contributed by atoms with Gasteiger partial charge in [0.15, 0.2) is 5.82 Å². The molecular weight excluding hydrogens is 554 g/mol. The van der Waals surface area contributed by atoms with Crippen LogP contribution in [0.4, 0.5) is 29.2 Å². The van der Waals surface area contributed by atoms with E-state index in [1.165, 1.54) is 36.1 Å². The van der Waals surface area contributed by atoms with E-state index in [0.29, 0.717) is 29.1 Å². The van der Waals surface area contributed by atoms with Crippen molar-refractivity contribution in [3.63, 3.8) is 0 Å². The molecule has 0 unspecified atom stereocenters. The summed E-state index contributed by atoms with van der Waals surface area (Å²) in [6.45, 7) is 0.292. The lowest BCUT2D eigenvalue weighted by molar-refractivity contribution is -0.141. The van der Waals surface area contributed by atoms with Crippen LogP contribution in [0.2, 0.25) is 5.15 Å². The van der Waals surface area contributed by atoms with E-state index in [-0.39, 0.29) is 36.3 Å². The van der Waals surface area contributed by atoms with Gasteiger partial charge < -0.3 is 14.4 Å². The predicted octanol–water partition coefficient (Wildman–Crippen LogP) is 6.45. The molecule has 0 atom stereocenters. The van der Waals surface area contributed by atoms with Crippen LogP contribution in [0.3, 0.4) is 0 Å². The van der Waals surface area contributed by atoms with Crippen LogP contribution in [0, 0.1) is 5.82 Å². The van der Waals surface area contributed by atoms with Crippen molar-refractivity contribution in [1.29, 1.82) is 0 Å². The van der Waals surface area contributed by atoms with E-state index in [1.807, 2.05) is 0 Å². The van der Waals surface area contributed by atoms with Gasteiger partial charge in [0.2, 0.25) is 5.95 Å². The molecule has 8 nitrogen and oxygen atoms in total. The topological polar surface area (TPSA) is 82.4 Å². The molecule has 0 radical (unpaired) electrons. The number of alkyl halides is 3. The van der Waals surface area contributed by atoms with Crippen LogP contribution in [-0.4, -0.2) is 39.9 Å². The number of carbonyl (C=O) groups excluding carboxylic acids is 1. The van der Waals surface area contributed by atoms with Gasteiger partial charge in [0.25, 0.3) is 0 Å². The molecule has 0 bridgehead atoms. The largest absolute Gasteiger partial charge is 0.497 e. The Hall–Kier alpha value is -4.19. The number of benzene rings is 2. The standard InChI is InChI=1S/C27H24ClF4N5O3/c1-39-20-8-5-17(6-9-20)16-36(19-7-10-22(29)21(15-19)27(30,31)32)26-34-25(18-11-12-33-23(28)14-18)37(35-26)13-3-4-24(38)40-2/h5-12,14-15H,3-4,13,16H2,1-2H3. The third-order valence-corrected chi connectivity index (χ3v) is 6.14. The van der Waals surface area contributed by atoms with Crippen LogP contribution in [0.1, 0.15) is 24.0 Å². The molecule has 2 heterocycles. The molecule has 0 amide bonds. The molecule has 4 aromatic rings. The normalized spacial score (nSPS) is 11.4. The number of methoxy groups -OCH3 is 2. The van der Waals surface area contributed by atoms with E-state index in [9.17, 15) is 22.4 Å². The number of anilines is 2. The van der Waals surface area contributed by atoms with E-state index in [2.05, 4.69) is 15.1 Å². The summed E-state index contributed by atoms with van der Waals surface area (Å²) in [4.78, 5) is 21.7. The number of halogens is 5. The highest BCUT2D eigenvalue weighted by atomic mass is 35.5. The lowest BCUT2D eigenvalue weighted by Gasteiger charge is -2.23. The Balaban J connectivity index is 1.82. The van der Waals surface area contributed by atoms with Gasteiger partial charge in [-0.15, -0.1) is 5.10 Å². The average molecular weight is 578 g/mol. The summed E-state index contributed by atoms with van der Waals surface area (Å²) in [7, 11) is 2.80. The fraction of sp³-hybridized carbons (Fsp3) is 0.259. The maximum Gasteiger partial charge on any atom is 0.419 e. The second-order valence-electron chi connectivity index (χ2n) is 8.60. The molecular formula is C27H24ClF4N5O3. The van der Waals surface area contributed by atoms with Crippen molar-refractivity contribution in [1.82, 2.24) is 19.7 Å². The van der Waals surface area contributed by atoms with Crippen LogP contribution in [0.15, 0.2) is 60.8 Å². The lowest BCUT2D eigenvalue weighted by Crippen LogP contribution is -2.20. The van der Waals surface area contributed by atoms with Crippen molar-refractivity contribution in [3.05, 3.63) is 82.9 Å². The first-order valence-electron chi connectivity index (χ1n) is 12.0. The van der Waals surface area contributed by atoms with Gasteiger partial charge in [-0.25, -0.2) is 14.1 Å². The first-order valence-corrected chi connectivity index (χ1v) is 12.4. The fourth-order valence-corrected chi connectivity index (χ4v) is 4.09. The summed E-state index contributed by atoms with van der Waals surface area (Å²) in [6.07, 6.45) is -2.96. The van der Waals surface area contributed by atoms with Crippen LogP contribution < -0.4 is 9.64 Å². The molecule has 0 saturated heterocycles. The first-order chi connectivity index (χ1) is 19.1. The monoisotopic (exact) mass is 577 g/mol. The number of nitrogens with zero attached hydrogens (tertiary/aromatic N) is 5. The summed E-state index contributed by atoms with van der Waals surface area (Å²) < 4.78 is 66.4. The van der Waals surface area contributed by atoms with Gasteiger partial charge >= 0.3 is 12.1 Å². The molecule has 0 aliphatic heterocycles. The zero-order chi connectivity index (χ0) is 28.9. The maximum absolute atomic E-state index is 14.2. The van der Waals surface area contributed by atoms with Gasteiger partial charge in [-0.2, -0.15) is 18.2 Å². The molecule has 0 fully saturated rings. The van der Waals surface area contributed by atoms with Crippen LogP contribution >= 0.6 is 11.6 Å². The Bertz CT molecular complexity index is 1480. The molecule has 0 N–H and O–H groups in total. The third-order valence-electron chi connectivity index (χ3n) is 5.93. The zero-order valence-corrected chi connectivity index (χ0v) is 22.2. The first kappa shape index (κ1) is 28.8. The third kappa shape index (κ3) is 6.87. The number of pyridine rings is 1. The van der Waals surface area contributed by atoms with Crippen molar-refractivity contribution < 1.29 is 31.8 Å². The molecule has 0 saturated carbocycles. The molecule has 40 heavy (non-hydrogen) atoms. The second-order valence-corrected chi connectivity index (χ2v) is 8.99. The van der Waals surface area contributed by atoms with Crippen LogP contribution in [-0.2, 0) is 28.8 Å². The summed E-state index contributed by atoms with van der Waals surface area (Å²) >= 11 is 6.09. The lowest BCUT2D eigenvalue weighted by atomic mass is 10.1. The molecule has 4 rings (SSSR count). The van der Waals surface area contributed by atoms with E-state index >= 15 is 0 Å². The maximum atomic E-state index is 14.2. The van der Waals surface area contributed by atoms with Gasteiger partial charge in [-0.05, 0) is 54.4 Å². The predicted molar refractivity (Wildman–Crippen MR) is 140 cm³/mol. The Labute approximate surface area is 232 Å². The molecule has 2 aromatic heterocycles. The van der Waals surface area contributed by atoms with Gasteiger partial charge in [-0.3, -0.25) is 4.79 Å². The van der Waals surface area contributed by atoms with Crippen molar-refractivity contribution in [2.45, 2.75) is 32.1 Å². The Morgan fingerprint density at radius 2 is 1.82 bits per heavy atom. The van der Waals surface area contributed by atoms with E-state index < -0.39 is 23.5 Å². The highest BCUT2D eigenvalue weighted by Crippen LogP contribution is 2.36. The van der Waals surface area contributed by atoms with E-state index in [0.717, 1.165) is 12.1 Å². The number of rotatable bonds is 10. The van der Waals surface area contributed by atoms with Gasteiger partial charge in [0.05, 0.1) is 26.3 Å². The highest BCUT2D eigenvalue weighted by molar-refractivity contribution is 6.29. The summed E-state index contributed by atoms with van der Waals surface area (Å²) in [5.41, 5.74) is -0.135. The molecule has 0 aliphatic rings. The number of ether oxygens (including phenoxy) is 2. The van der Waals surface area contributed by atoms with Gasteiger partial charge in [-0.1, -0.05) is 23.7 Å². The summed E-state index contributed by atoms with van der Waals surface area (Å²) in [5, 5.41) is 4.78. The van der Waals surface area contributed by atoms with Crippen molar-refractivity contribution in [2.24, 2.45) is 0 Å². The summed E-state index contributed by atoms with van der Waals surface area (Å²) in [5.74, 6) is -0.796. The number of hydrogen-bond acceptors (Lipinski definition) is 7. The Morgan fingerprint density at radius 3 is 2.48 bits per heavy atom. The number of aryl methyl sites for hydroxylation is 1. The van der Waals surface area contributed by atoms with Crippen LogP contribution in [0.5, 0.6) is 5.75 Å². The number of aromatic nitrogens is 4. The van der Waals surface area contributed by atoms with E-state index in [4.69, 9.17) is 21.1 Å². The fourth-order valence-electron chi connectivity index (χ4n) is 3.92. The minimum Gasteiger partial charge on any atom is -0.497 e. The quantitative estimate of drug-likeness (QED) is 0.122. The van der Waals surface area contributed by atoms with Crippen molar-refractivity contribution >= 4 is 29.2 Å². The SMILES string of the molecule is COC(=O)CCCn1nc(N(Cc2ccc(OC)cc2)c2ccc(F)c(C(F)(F)F)c2)nc1-c1ccnc(Cl)c1. The Morgan fingerprint density at radius 1 is 1.07 bits per heavy atom. The molecule has 0 spiro atoms. The average Bonchev–Trinajstić information content (AvgIpc) is 3.35. The highest BCUT2D eigenvalue weighted by Gasteiger charge is 2.35. The Kier molecular flexibility index (Phi) is 8.88. The number of hydrogen-bond donors (Lipinski definition) is 0. The zero-order valence-electron chi connectivity index (χ0n) is 21.5. The van der Waals surface area contributed by atoms with E-state index in [1.54, 1.807) is 36.4 Å². The summed E-state index contributed by atoms with van der Waals surface area (Å²) in [6, 6.07) is 12.9. The van der Waals surface area contributed by atoms with Gasteiger partial charge in [0, 0.05) is 30.4 Å². The van der Waals surface area contributed by atoms with Crippen molar-refractivity contribution in [3.8, 4) is 17.1 Å². The molecule has 13 heteroatoms. The minimum atomic E-state index is -4.91. The number of carbonyl (C=O) groups is 1. The molecule has 210 valence electrons. The van der Waals surface area contributed by atoms with Crippen LogP contribution in [0.25, 0.3) is 11.4 Å². The van der Waals surface area contributed by atoms with Gasteiger partial charge in [0.1, 0.15) is 16.7 Å². The molecule has 2 aromatic carbocycles. The minimum absolute atomic E-state index is 0.0237. The second kappa shape index (κ2) is 12.3. The number of esters is 1. The molecule has 0 aliphatic carbocycles. The smallest absolute Gasteiger partial charge is 0.419 e. The van der Waals surface area contributed by atoms with Crippen molar-refractivity contribution in [2.75, 3.05) is 19.1 Å².